The second-order valence-corrected chi connectivity index (χ2v) is 8.04. The minimum Gasteiger partial charge on any atom is -0.478 e. The number of fused-ring (bicyclic) bond motifs is 1. The summed E-state index contributed by atoms with van der Waals surface area (Å²) in [6.45, 7) is 3.36. The summed E-state index contributed by atoms with van der Waals surface area (Å²) >= 11 is 7.70. The predicted molar refractivity (Wildman–Crippen MR) is 113 cm³/mol. The van der Waals surface area contributed by atoms with Crippen LogP contribution < -0.4 is 9.80 Å². The van der Waals surface area contributed by atoms with Gasteiger partial charge in [-0.05, 0) is 17.7 Å². The van der Waals surface area contributed by atoms with Crippen molar-refractivity contribution in [1.29, 1.82) is 0 Å². The Balaban J connectivity index is 1.63. The van der Waals surface area contributed by atoms with Gasteiger partial charge in [0.25, 0.3) is 0 Å². The number of thiophene rings is 1. The third kappa shape index (κ3) is 4.43. The summed E-state index contributed by atoms with van der Waals surface area (Å²) in [6, 6.07) is 1.94. The SMILES string of the molecule is O=C(O)c1cnc(N(CCO)Cc2cc3nc(Cl)nc(N4CCOCC4)c3s2)nc1. The van der Waals surface area contributed by atoms with E-state index in [4.69, 9.17) is 21.4 Å². The van der Waals surface area contributed by atoms with Crippen molar-refractivity contribution in [2.45, 2.75) is 6.54 Å². The number of carboxylic acid groups (broad SMARTS) is 1. The number of aliphatic hydroxyl groups excluding tert-OH is 1. The second kappa shape index (κ2) is 9.04. The predicted octanol–water partition coefficient (Wildman–Crippen LogP) is 1.67. The molecule has 2 N–H and O–H groups in total. The second-order valence-electron chi connectivity index (χ2n) is 6.56. The van der Waals surface area contributed by atoms with Crippen LogP contribution in [-0.2, 0) is 11.3 Å². The Kier molecular flexibility index (Phi) is 6.23. The molecule has 0 radical (unpaired) electrons. The van der Waals surface area contributed by atoms with E-state index >= 15 is 0 Å². The average Bonchev–Trinajstić information content (AvgIpc) is 3.15. The molecule has 10 nitrogen and oxygen atoms in total. The monoisotopic (exact) mass is 450 g/mol. The maximum Gasteiger partial charge on any atom is 0.338 e. The average molecular weight is 451 g/mol. The fourth-order valence-corrected chi connectivity index (χ4v) is 4.46. The summed E-state index contributed by atoms with van der Waals surface area (Å²) in [5, 5.41) is 18.7. The highest BCUT2D eigenvalue weighted by atomic mass is 35.5. The quantitative estimate of drug-likeness (QED) is 0.513. The van der Waals surface area contributed by atoms with Crippen LogP contribution in [-0.4, -0.2) is 75.6 Å². The molecule has 158 valence electrons. The Morgan fingerprint density at radius 1 is 1.27 bits per heavy atom. The van der Waals surface area contributed by atoms with E-state index < -0.39 is 5.97 Å². The van der Waals surface area contributed by atoms with Gasteiger partial charge < -0.3 is 24.7 Å². The zero-order valence-corrected chi connectivity index (χ0v) is 17.4. The molecule has 0 saturated carbocycles. The first-order valence-electron chi connectivity index (χ1n) is 9.25. The highest BCUT2D eigenvalue weighted by Gasteiger charge is 2.20. The molecule has 0 spiro atoms. The van der Waals surface area contributed by atoms with Crippen molar-refractivity contribution in [3.8, 4) is 0 Å². The molecule has 0 unspecified atom stereocenters. The molecule has 0 amide bonds. The topological polar surface area (TPSA) is 125 Å². The Hall–Kier alpha value is -2.60. The first-order chi connectivity index (χ1) is 14.5. The van der Waals surface area contributed by atoms with Crippen LogP contribution in [0.2, 0.25) is 5.28 Å². The van der Waals surface area contributed by atoms with Crippen LogP contribution in [0.3, 0.4) is 0 Å². The lowest BCUT2D eigenvalue weighted by Gasteiger charge is -2.28. The maximum atomic E-state index is 11.0. The van der Waals surface area contributed by atoms with Crippen molar-refractivity contribution in [1.82, 2.24) is 19.9 Å². The Labute approximate surface area is 180 Å². The standard InChI is InChI=1S/C18H19ClN6O4S/c19-17-22-13-7-12(30-14(13)15(23-17)24-2-5-29-6-3-24)10-25(1-4-26)18-20-8-11(9-21-18)16(27)28/h7-9,26H,1-6,10H2,(H,27,28). The Bertz CT molecular complexity index is 1040. The van der Waals surface area contributed by atoms with Crippen LogP contribution in [0.5, 0.6) is 0 Å². The normalized spacial score (nSPS) is 14.3. The third-order valence-corrected chi connectivity index (χ3v) is 5.85. The summed E-state index contributed by atoms with van der Waals surface area (Å²) in [7, 11) is 0. The number of morpholine rings is 1. The molecule has 0 aromatic carbocycles. The maximum absolute atomic E-state index is 11.0. The number of aromatic nitrogens is 4. The van der Waals surface area contributed by atoms with Gasteiger partial charge in [0.15, 0.2) is 5.82 Å². The van der Waals surface area contributed by atoms with Gasteiger partial charge in [0, 0.05) is 36.9 Å². The summed E-state index contributed by atoms with van der Waals surface area (Å²) in [5.41, 5.74) is 0.757. The fraction of sp³-hybridized carbons (Fsp3) is 0.389. The molecule has 3 aromatic rings. The van der Waals surface area contributed by atoms with Crippen molar-refractivity contribution in [3.05, 3.63) is 34.2 Å². The number of hydrogen-bond donors (Lipinski definition) is 2. The van der Waals surface area contributed by atoms with Gasteiger partial charge in [-0.1, -0.05) is 0 Å². The van der Waals surface area contributed by atoms with Gasteiger partial charge in [-0.25, -0.2) is 19.7 Å². The van der Waals surface area contributed by atoms with Gasteiger partial charge in [0.05, 0.1) is 42.1 Å². The molecule has 12 heteroatoms. The van der Waals surface area contributed by atoms with E-state index in [0.29, 0.717) is 32.3 Å². The van der Waals surface area contributed by atoms with Crippen LogP contribution in [0.25, 0.3) is 10.2 Å². The number of carbonyl (C=O) groups is 1. The molecule has 3 aromatic heterocycles. The lowest BCUT2D eigenvalue weighted by molar-refractivity contribution is 0.0696. The van der Waals surface area contributed by atoms with Crippen molar-refractivity contribution < 1.29 is 19.7 Å². The largest absolute Gasteiger partial charge is 0.478 e. The number of ether oxygens (including phenoxy) is 1. The van der Waals surface area contributed by atoms with E-state index in [2.05, 4.69) is 24.8 Å². The van der Waals surface area contributed by atoms with Gasteiger partial charge in [-0.15, -0.1) is 11.3 Å². The summed E-state index contributed by atoms with van der Waals surface area (Å²) < 4.78 is 6.36. The molecule has 1 saturated heterocycles. The van der Waals surface area contributed by atoms with Gasteiger partial charge in [0.2, 0.25) is 11.2 Å². The van der Waals surface area contributed by atoms with Crippen LogP contribution >= 0.6 is 22.9 Å². The van der Waals surface area contributed by atoms with Crippen molar-refractivity contribution in [2.24, 2.45) is 0 Å². The summed E-state index contributed by atoms with van der Waals surface area (Å²) in [6.07, 6.45) is 2.50. The highest BCUT2D eigenvalue weighted by Crippen LogP contribution is 2.34. The molecular formula is C18H19ClN6O4S. The fourth-order valence-electron chi connectivity index (χ4n) is 3.16. The Morgan fingerprint density at radius 3 is 2.67 bits per heavy atom. The molecule has 0 aliphatic carbocycles. The molecule has 0 atom stereocenters. The van der Waals surface area contributed by atoms with Crippen LogP contribution in [0.4, 0.5) is 11.8 Å². The van der Waals surface area contributed by atoms with Crippen LogP contribution in [0, 0.1) is 0 Å². The van der Waals surface area contributed by atoms with Gasteiger partial charge in [-0.3, -0.25) is 0 Å². The number of anilines is 2. The van der Waals surface area contributed by atoms with Crippen molar-refractivity contribution in [2.75, 3.05) is 49.3 Å². The van der Waals surface area contributed by atoms with Crippen LogP contribution in [0.1, 0.15) is 15.2 Å². The van der Waals surface area contributed by atoms with E-state index in [1.54, 1.807) is 16.2 Å². The first kappa shape index (κ1) is 20.7. The van der Waals surface area contributed by atoms with Crippen molar-refractivity contribution in [3.63, 3.8) is 0 Å². The summed E-state index contributed by atoms with van der Waals surface area (Å²) in [4.78, 5) is 33.0. The number of halogens is 1. The third-order valence-electron chi connectivity index (χ3n) is 4.57. The van der Waals surface area contributed by atoms with E-state index in [1.807, 2.05) is 6.07 Å². The van der Waals surface area contributed by atoms with Crippen molar-refractivity contribution >= 4 is 50.9 Å². The summed E-state index contributed by atoms with van der Waals surface area (Å²) in [5.74, 6) is 0.0372. The lowest BCUT2D eigenvalue weighted by Crippen LogP contribution is -2.36. The molecule has 4 rings (SSSR count). The van der Waals surface area contributed by atoms with Crippen LogP contribution in [0.15, 0.2) is 18.5 Å². The molecule has 1 aliphatic rings. The number of aromatic carboxylic acids is 1. The number of rotatable bonds is 7. The molecular weight excluding hydrogens is 432 g/mol. The van der Waals surface area contributed by atoms with E-state index in [1.165, 1.54) is 12.4 Å². The van der Waals surface area contributed by atoms with Gasteiger partial charge >= 0.3 is 5.97 Å². The van der Waals surface area contributed by atoms with E-state index in [0.717, 1.165) is 34.0 Å². The first-order valence-corrected chi connectivity index (χ1v) is 10.4. The van der Waals surface area contributed by atoms with E-state index in [-0.39, 0.29) is 17.5 Å². The molecule has 1 fully saturated rings. The highest BCUT2D eigenvalue weighted by molar-refractivity contribution is 7.19. The van der Waals surface area contributed by atoms with Gasteiger partial charge in [0.1, 0.15) is 0 Å². The minimum absolute atomic E-state index is 0.00429. The van der Waals surface area contributed by atoms with Gasteiger partial charge in [-0.2, -0.15) is 4.98 Å². The van der Waals surface area contributed by atoms with E-state index in [9.17, 15) is 9.90 Å². The molecule has 0 bridgehead atoms. The Morgan fingerprint density at radius 2 is 2.00 bits per heavy atom. The number of carboxylic acids is 1. The molecule has 30 heavy (non-hydrogen) atoms. The number of nitrogens with zero attached hydrogens (tertiary/aromatic N) is 6. The number of aliphatic hydroxyl groups is 1. The lowest BCUT2D eigenvalue weighted by atomic mass is 10.3. The zero-order chi connectivity index (χ0) is 21.1. The minimum atomic E-state index is -1.09. The smallest absolute Gasteiger partial charge is 0.338 e. The molecule has 1 aliphatic heterocycles. The number of hydrogen-bond acceptors (Lipinski definition) is 10. The zero-order valence-electron chi connectivity index (χ0n) is 15.9. The molecule has 4 heterocycles.